The second kappa shape index (κ2) is 11.3. The zero-order valence-electron chi connectivity index (χ0n) is 30.0. The number of hydrogen-bond donors (Lipinski definition) is 0. The van der Waals surface area contributed by atoms with Crippen LogP contribution in [0.25, 0.3) is 114 Å². The summed E-state index contributed by atoms with van der Waals surface area (Å²) in [6.07, 6.45) is 0. The van der Waals surface area contributed by atoms with E-state index >= 15 is 0 Å². The third kappa shape index (κ3) is 3.94. The van der Waals surface area contributed by atoms with Crippen LogP contribution < -0.4 is 0 Å². The van der Waals surface area contributed by atoms with Crippen LogP contribution in [-0.2, 0) is 0 Å². The molecule has 56 heavy (non-hydrogen) atoms. The van der Waals surface area contributed by atoms with Gasteiger partial charge in [-0.2, -0.15) is 5.26 Å². The normalized spacial score (nSPS) is 11.9. The molecule has 0 saturated heterocycles. The van der Waals surface area contributed by atoms with Gasteiger partial charge in [0.25, 0.3) is 0 Å². The summed E-state index contributed by atoms with van der Waals surface area (Å²) in [7, 11) is 0. The van der Waals surface area contributed by atoms with E-state index in [9.17, 15) is 5.26 Å². The van der Waals surface area contributed by atoms with Crippen molar-refractivity contribution in [2.75, 3.05) is 0 Å². The van der Waals surface area contributed by atoms with Crippen LogP contribution in [0.5, 0.6) is 0 Å². The molecule has 12 rings (SSSR count). The zero-order chi connectivity index (χ0) is 37.1. The van der Waals surface area contributed by atoms with Crippen LogP contribution in [0.1, 0.15) is 5.56 Å². The molecule has 256 valence electrons. The van der Waals surface area contributed by atoms with Crippen LogP contribution in [0, 0.1) is 17.9 Å². The maximum absolute atomic E-state index is 11.2. The van der Waals surface area contributed by atoms with Crippen molar-refractivity contribution in [1.29, 1.82) is 5.26 Å². The van der Waals surface area contributed by atoms with Gasteiger partial charge < -0.3 is 9.13 Å². The number of nitrogens with zero attached hydrogens (tertiary/aromatic N) is 4. The summed E-state index contributed by atoms with van der Waals surface area (Å²) < 4.78 is 4.63. The van der Waals surface area contributed by atoms with E-state index in [1.54, 1.807) is 6.07 Å². The summed E-state index contributed by atoms with van der Waals surface area (Å²) in [6, 6.07) is 62.5. The van der Waals surface area contributed by atoms with Crippen molar-refractivity contribution < 1.29 is 0 Å². The van der Waals surface area contributed by atoms with Crippen molar-refractivity contribution >= 4 is 103 Å². The highest BCUT2D eigenvalue weighted by Crippen LogP contribution is 2.48. The first-order valence-corrected chi connectivity index (χ1v) is 18.8. The summed E-state index contributed by atoms with van der Waals surface area (Å²) in [4.78, 5) is 3.96. The molecule has 2 heterocycles. The Balaban J connectivity index is 1.37. The third-order valence-electron chi connectivity index (χ3n) is 11.9. The lowest BCUT2D eigenvalue weighted by molar-refractivity contribution is 1.09. The van der Waals surface area contributed by atoms with E-state index in [2.05, 4.69) is 178 Å². The largest absolute Gasteiger partial charge is 0.308 e. The highest BCUT2D eigenvalue weighted by Gasteiger charge is 2.27. The Morgan fingerprint density at radius 2 is 0.857 bits per heavy atom. The quantitative estimate of drug-likeness (QED) is 0.130. The fourth-order valence-corrected chi connectivity index (χ4v) is 9.64. The average molecular weight is 709 g/mol. The van der Waals surface area contributed by atoms with Gasteiger partial charge in [-0.05, 0) is 78.8 Å². The number of rotatable bonds is 2. The van der Waals surface area contributed by atoms with Gasteiger partial charge in [-0.3, -0.25) is 0 Å². The molecule has 0 fully saturated rings. The minimum atomic E-state index is 0.415. The van der Waals surface area contributed by atoms with Gasteiger partial charge in [0.2, 0.25) is 0 Å². The molecule has 0 unspecified atom stereocenters. The van der Waals surface area contributed by atoms with Gasteiger partial charge in [0.05, 0.1) is 45.6 Å². The van der Waals surface area contributed by atoms with Crippen molar-refractivity contribution in [2.45, 2.75) is 0 Å². The third-order valence-corrected chi connectivity index (χ3v) is 11.9. The van der Waals surface area contributed by atoms with Crippen LogP contribution in [-0.4, -0.2) is 9.13 Å². The number of benzene rings is 10. The van der Waals surface area contributed by atoms with Crippen LogP contribution in [0.2, 0.25) is 0 Å². The van der Waals surface area contributed by atoms with Gasteiger partial charge in [-0.15, -0.1) is 0 Å². The molecule has 12 aromatic rings. The molecule has 0 radical (unpaired) electrons. The predicted octanol–water partition coefficient (Wildman–Crippen LogP) is 14.1. The minimum absolute atomic E-state index is 0.415. The Morgan fingerprint density at radius 3 is 1.38 bits per heavy atom. The van der Waals surface area contributed by atoms with E-state index < -0.39 is 0 Å². The standard InChI is InChI=1S/C52H28N4/c1-54-35-28-34(30-53)51(46(29-35)55-43-25-22-31-12-2-5-15-36(31)47(43)48-37-16-6-3-13-32(37)23-26-44(48)55)56-45-27-24-33-14-4-7-17-38(33)49(45)50-41-20-10-8-18-39(41)40-19-9-11-21-42(40)52(50)56/h2-29H. The molecule has 0 aliphatic heterocycles. The Labute approximate surface area is 320 Å². The van der Waals surface area contributed by atoms with Gasteiger partial charge >= 0.3 is 0 Å². The second-order valence-corrected chi connectivity index (χ2v) is 14.6. The summed E-state index contributed by atoms with van der Waals surface area (Å²) >= 11 is 0. The van der Waals surface area contributed by atoms with E-state index in [4.69, 9.17) is 6.57 Å². The smallest absolute Gasteiger partial charge is 0.190 e. The summed E-state index contributed by atoms with van der Waals surface area (Å²) in [5.74, 6) is 0. The average Bonchev–Trinajstić information content (AvgIpc) is 3.80. The zero-order valence-corrected chi connectivity index (χ0v) is 30.0. The van der Waals surface area contributed by atoms with Gasteiger partial charge in [0, 0.05) is 26.9 Å². The lowest BCUT2D eigenvalue weighted by atomic mass is 9.95. The molecule has 4 heteroatoms. The van der Waals surface area contributed by atoms with Crippen molar-refractivity contribution in [2.24, 2.45) is 0 Å². The SMILES string of the molecule is [C-]#[N+]c1cc(C#N)c(-n2c3ccc4ccccc4c3c3c4ccccc4c4ccccc4c32)c(-n2c3ccc4ccccc4c3c3c4ccccc4ccc32)c1. The second-order valence-electron chi connectivity index (χ2n) is 14.6. The Morgan fingerprint density at radius 1 is 0.429 bits per heavy atom. The van der Waals surface area contributed by atoms with Crippen molar-refractivity contribution in [1.82, 2.24) is 9.13 Å². The molecule has 4 nitrogen and oxygen atoms in total. The van der Waals surface area contributed by atoms with Crippen molar-refractivity contribution in [3.63, 3.8) is 0 Å². The molecule has 0 N–H and O–H groups in total. The van der Waals surface area contributed by atoms with Crippen LogP contribution in [0.4, 0.5) is 5.69 Å². The predicted molar refractivity (Wildman–Crippen MR) is 234 cm³/mol. The van der Waals surface area contributed by atoms with E-state index in [0.29, 0.717) is 11.3 Å². The van der Waals surface area contributed by atoms with Crippen molar-refractivity contribution in [3.05, 3.63) is 187 Å². The van der Waals surface area contributed by atoms with E-state index in [0.717, 1.165) is 103 Å². The summed E-state index contributed by atoms with van der Waals surface area (Å²) in [5, 5.41) is 27.3. The fourth-order valence-electron chi connectivity index (χ4n) is 9.64. The molecule has 0 amide bonds. The molecule has 0 saturated carbocycles. The van der Waals surface area contributed by atoms with Crippen molar-refractivity contribution in [3.8, 4) is 17.4 Å². The maximum atomic E-state index is 11.2. The summed E-state index contributed by atoms with van der Waals surface area (Å²) in [5.41, 5.74) is 6.46. The fraction of sp³-hybridized carbons (Fsp3) is 0. The first-order chi connectivity index (χ1) is 27.7. The molecule has 0 aliphatic carbocycles. The molecule has 0 atom stereocenters. The van der Waals surface area contributed by atoms with Gasteiger partial charge in [-0.25, -0.2) is 4.85 Å². The van der Waals surface area contributed by atoms with E-state index in [1.807, 2.05) is 6.07 Å². The Bertz CT molecular complexity index is 3700. The van der Waals surface area contributed by atoms with Gasteiger partial charge in [0.1, 0.15) is 6.07 Å². The first-order valence-electron chi connectivity index (χ1n) is 18.8. The maximum Gasteiger partial charge on any atom is 0.190 e. The Kier molecular flexibility index (Phi) is 6.16. The lowest BCUT2D eigenvalue weighted by Gasteiger charge is -2.20. The molecule has 2 aromatic heterocycles. The van der Waals surface area contributed by atoms with Crippen LogP contribution in [0.15, 0.2) is 170 Å². The topological polar surface area (TPSA) is 38.0 Å². The summed E-state index contributed by atoms with van der Waals surface area (Å²) in [6.45, 7) is 8.27. The van der Waals surface area contributed by atoms with E-state index in [1.165, 1.54) is 5.39 Å². The van der Waals surface area contributed by atoms with Crippen LogP contribution in [0.3, 0.4) is 0 Å². The number of nitriles is 1. The number of fused-ring (bicyclic) bond motifs is 17. The molecule has 10 aromatic carbocycles. The van der Waals surface area contributed by atoms with Gasteiger partial charge in [-0.1, -0.05) is 140 Å². The van der Waals surface area contributed by atoms with Crippen LogP contribution >= 0.6 is 0 Å². The molecule has 0 aliphatic rings. The molecule has 0 bridgehead atoms. The highest BCUT2D eigenvalue weighted by molar-refractivity contribution is 6.36. The highest BCUT2D eigenvalue weighted by atomic mass is 15.1. The Hall–Kier alpha value is -7.92. The first kappa shape index (κ1) is 30.5. The monoisotopic (exact) mass is 708 g/mol. The molecular formula is C52H28N4. The molecular weight excluding hydrogens is 681 g/mol. The lowest BCUT2D eigenvalue weighted by Crippen LogP contribution is -2.06. The van der Waals surface area contributed by atoms with E-state index in [-0.39, 0.29) is 0 Å². The van der Waals surface area contributed by atoms with Gasteiger partial charge in [0.15, 0.2) is 5.69 Å². The minimum Gasteiger partial charge on any atom is -0.308 e. The number of hydrogen-bond acceptors (Lipinski definition) is 1. The number of aromatic nitrogens is 2. The molecule has 0 spiro atoms.